The van der Waals surface area contributed by atoms with Crippen molar-refractivity contribution in [2.24, 2.45) is 0 Å². The molecule has 1 heterocycles. The fourth-order valence-electron chi connectivity index (χ4n) is 2.69. The van der Waals surface area contributed by atoms with Crippen molar-refractivity contribution in [2.75, 3.05) is 13.7 Å². The Labute approximate surface area is 141 Å². The number of nitrogens with zero attached hydrogens (tertiary/aromatic N) is 2. The van der Waals surface area contributed by atoms with E-state index in [0.29, 0.717) is 25.4 Å². The highest BCUT2D eigenvalue weighted by Gasteiger charge is 2.16. The highest BCUT2D eigenvalue weighted by atomic mass is 16.5. The maximum absolute atomic E-state index is 10.2. The third-order valence-electron chi connectivity index (χ3n) is 4.01. The number of hydrogen-bond donors (Lipinski definition) is 1. The summed E-state index contributed by atoms with van der Waals surface area (Å²) in [6.45, 7) is 3.07. The number of aliphatic hydroxyl groups is 1. The summed E-state index contributed by atoms with van der Waals surface area (Å²) in [6, 6.07) is 15.4. The van der Waals surface area contributed by atoms with Gasteiger partial charge in [-0.3, -0.25) is 0 Å². The van der Waals surface area contributed by atoms with Gasteiger partial charge < -0.3 is 19.1 Å². The number of aliphatic hydroxyl groups excluding tert-OH is 1. The van der Waals surface area contributed by atoms with E-state index < -0.39 is 6.10 Å². The molecule has 0 aliphatic carbocycles. The Morgan fingerprint density at radius 1 is 1.08 bits per heavy atom. The van der Waals surface area contributed by atoms with E-state index in [1.165, 1.54) is 0 Å². The van der Waals surface area contributed by atoms with Crippen LogP contribution in [0.3, 0.4) is 0 Å². The molecule has 1 aromatic heterocycles. The molecule has 1 N–H and O–H groups in total. The Kier molecular flexibility index (Phi) is 5.01. The van der Waals surface area contributed by atoms with Crippen molar-refractivity contribution in [3.63, 3.8) is 0 Å². The van der Waals surface area contributed by atoms with Gasteiger partial charge in [0.05, 0.1) is 24.7 Å². The van der Waals surface area contributed by atoms with E-state index in [2.05, 4.69) is 4.98 Å². The number of benzene rings is 2. The quantitative estimate of drug-likeness (QED) is 0.721. The number of rotatable bonds is 7. The standard InChI is InChI=1S/C19H22N2O3/c1-3-18(22)19-20-16-6-4-5-7-17(16)21(19)12-13-24-15-10-8-14(23-2)9-11-15/h4-11,18,22H,3,12-13H2,1-2H3/t18-/m1/s1. The molecule has 3 aromatic rings. The molecule has 0 saturated heterocycles. The van der Waals surface area contributed by atoms with Gasteiger partial charge in [-0.05, 0) is 42.8 Å². The Balaban J connectivity index is 1.76. The number of imidazole rings is 1. The van der Waals surface area contributed by atoms with Crippen molar-refractivity contribution in [1.82, 2.24) is 9.55 Å². The Morgan fingerprint density at radius 2 is 1.79 bits per heavy atom. The Morgan fingerprint density at radius 3 is 2.50 bits per heavy atom. The summed E-state index contributed by atoms with van der Waals surface area (Å²) in [7, 11) is 1.64. The molecule has 0 bridgehead atoms. The molecule has 0 amide bonds. The zero-order chi connectivity index (χ0) is 16.9. The second kappa shape index (κ2) is 7.36. The van der Waals surface area contributed by atoms with Crippen LogP contribution in [0.5, 0.6) is 11.5 Å². The van der Waals surface area contributed by atoms with Gasteiger partial charge in [0.1, 0.15) is 30.0 Å². The van der Waals surface area contributed by atoms with Crippen LogP contribution >= 0.6 is 0 Å². The van der Waals surface area contributed by atoms with Crippen LogP contribution in [0.1, 0.15) is 25.3 Å². The van der Waals surface area contributed by atoms with Crippen molar-refractivity contribution in [2.45, 2.75) is 26.0 Å². The van der Waals surface area contributed by atoms with Gasteiger partial charge >= 0.3 is 0 Å². The minimum absolute atomic E-state index is 0.496. The molecule has 0 aliphatic rings. The number of hydrogen-bond acceptors (Lipinski definition) is 4. The van der Waals surface area contributed by atoms with E-state index >= 15 is 0 Å². The number of para-hydroxylation sites is 2. The third kappa shape index (κ3) is 3.36. The zero-order valence-corrected chi connectivity index (χ0v) is 14.0. The molecular formula is C19H22N2O3. The SMILES string of the molecule is CC[C@@H](O)c1nc2ccccc2n1CCOc1ccc(OC)cc1. The molecule has 24 heavy (non-hydrogen) atoms. The monoisotopic (exact) mass is 326 g/mol. The molecule has 126 valence electrons. The van der Waals surface area contributed by atoms with E-state index in [1.807, 2.05) is 60.0 Å². The second-order valence-electron chi connectivity index (χ2n) is 5.56. The minimum atomic E-state index is -0.571. The first-order valence-electron chi connectivity index (χ1n) is 8.13. The fourth-order valence-corrected chi connectivity index (χ4v) is 2.69. The normalized spacial score (nSPS) is 12.3. The molecule has 0 fully saturated rings. The first-order valence-corrected chi connectivity index (χ1v) is 8.13. The van der Waals surface area contributed by atoms with Crippen molar-refractivity contribution in [3.05, 3.63) is 54.4 Å². The summed E-state index contributed by atoms with van der Waals surface area (Å²) in [4.78, 5) is 4.57. The predicted molar refractivity (Wildman–Crippen MR) is 93.5 cm³/mol. The summed E-state index contributed by atoms with van der Waals surface area (Å²) >= 11 is 0. The van der Waals surface area contributed by atoms with Gasteiger partial charge in [-0.1, -0.05) is 19.1 Å². The molecule has 0 radical (unpaired) electrons. The van der Waals surface area contributed by atoms with E-state index in [9.17, 15) is 5.11 Å². The highest BCUT2D eigenvalue weighted by molar-refractivity contribution is 5.76. The largest absolute Gasteiger partial charge is 0.497 e. The topological polar surface area (TPSA) is 56.5 Å². The molecule has 5 heteroatoms. The number of ether oxygens (including phenoxy) is 2. The number of aromatic nitrogens is 2. The summed E-state index contributed by atoms with van der Waals surface area (Å²) in [5.41, 5.74) is 1.91. The van der Waals surface area contributed by atoms with Gasteiger partial charge in [0.25, 0.3) is 0 Å². The summed E-state index contributed by atoms with van der Waals surface area (Å²) in [6.07, 6.45) is 0.0567. The second-order valence-corrected chi connectivity index (χ2v) is 5.56. The number of methoxy groups -OCH3 is 1. The lowest BCUT2D eigenvalue weighted by atomic mass is 10.2. The van der Waals surface area contributed by atoms with E-state index in [1.54, 1.807) is 7.11 Å². The maximum atomic E-state index is 10.2. The van der Waals surface area contributed by atoms with Crippen LogP contribution in [-0.2, 0) is 6.54 Å². The summed E-state index contributed by atoms with van der Waals surface area (Å²) in [5.74, 6) is 2.28. The fraction of sp³-hybridized carbons (Fsp3) is 0.316. The first kappa shape index (κ1) is 16.3. The average molecular weight is 326 g/mol. The Hall–Kier alpha value is -2.53. The van der Waals surface area contributed by atoms with Crippen molar-refractivity contribution >= 4 is 11.0 Å². The molecule has 0 spiro atoms. The molecule has 0 saturated carbocycles. The predicted octanol–water partition coefficient (Wildman–Crippen LogP) is 3.57. The Bertz CT molecular complexity index is 796. The number of fused-ring (bicyclic) bond motifs is 1. The van der Waals surface area contributed by atoms with E-state index in [-0.39, 0.29) is 0 Å². The molecule has 1 atom stereocenters. The van der Waals surface area contributed by atoms with E-state index in [4.69, 9.17) is 9.47 Å². The van der Waals surface area contributed by atoms with Gasteiger partial charge in [0, 0.05) is 0 Å². The third-order valence-corrected chi connectivity index (χ3v) is 4.01. The van der Waals surface area contributed by atoms with Crippen LogP contribution in [-0.4, -0.2) is 28.4 Å². The first-order chi connectivity index (χ1) is 11.7. The minimum Gasteiger partial charge on any atom is -0.497 e. The van der Waals surface area contributed by atoms with Crippen molar-refractivity contribution in [3.8, 4) is 11.5 Å². The lowest BCUT2D eigenvalue weighted by Crippen LogP contribution is -2.13. The van der Waals surface area contributed by atoms with Crippen LogP contribution < -0.4 is 9.47 Å². The molecule has 5 nitrogen and oxygen atoms in total. The molecule has 0 unspecified atom stereocenters. The highest BCUT2D eigenvalue weighted by Crippen LogP contribution is 2.23. The van der Waals surface area contributed by atoms with Crippen LogP contribution in [0.25, 0.3) is 11.0 Å². The zero-order valence-electron chi connectivity index (χ0n) is 14.0. The van der Waals surface area contributed by atoms with Gasteiger partial charge in [-0.2, -0.15) is 0 Å². The van der Waals surface area contributed by atoms with Crippen LogP contribution in [0.2, 0.25) is 0 Å². The van der Waals surface area contributed by atoms with Crippen LogP contribution in [0.15, 0.2) is 48.5 Å². The van der Waals surface area contributed by atoms with Gasteiger partial charge in [0.15, 0.2) is 0 Å². The summed E-state index contributed by atoms with van der Waals surface area (Å²) in [5, 5.41) is 10.2. The molecule has 0 aliphatic heterocycles. The van der Waals surface area contributed by atoms with Crippen molar-refractivity contribution in [1.29, 1.82) is 0 Å². The average Bonchev–Trinajstić information content (AvgIpc) is 3.00. The summed E-state index contributed by atoms with van der Waals surface area (Å²) < 4.78 is 13.0. The van der Waals surface area contributed by atoms with Gasteiger partial charge in [-0.25, -0.2) is 4.98 Å². The van der Waals surface area contributed by atoms with E-state index in [0.717, 1.165) is 22.5 Å². The van der Waals surface area contributed by atoms with Crippen LogP contribution in [0.4, 0.5) is 0 Å². The smallest absolute Gasteiger partial charge is 0.138 e. The van der Waals surface area contributed by atoms with Gasteiger partial charge in [-0.15, -0.1) is 0 Å². The maximum Gasteiger partial charge on any atom is 0.138 e. The molecule has 3 rings (SSSR count). The lowest BCUT2D eigenvalue weighted by Gasteiger charge is -2.13. The molecule has 2 aromatic carbocycles. The van der Waals surface area contributed by atoms with Gasteiger partial charge in [0.2, 0.25) is 0 Å². The van der Waals surface area contributed by atoms with Crippen LogP contribution in [0, 0.1) is 0 Å². The molecular weight excluding hydrogens is 304 g/mol. The lowest BCUT2D eigenvalue weighted by molar-refractivity contribution is 0.157. The van der Waals surface area contributed by atoms with Crippen molar-refractivity contribution < 1.29 is 14.6 Å².